The fourth-order valence-corrected chi connectivity index (χ4v) is 3.89. The molecule has 0 radical (unpaired) electrons. The molecular weight excluding hydrogens is 260 g/mol. The number of carbonyl (C=O) groups excluding carboxylic acids is 1. The Morgan fingerprint density at radius 3 is 2.71 bits per heavy atom. The van der Waals surface area contributed by atoms with Gasteiger partial charge in [-0.1, -0.05) is 31.5 Å². The summed E-state index contributed by atoms with van der Waals surface area (Å²) < 4.78 is 0. The molecule has 2 N–H and O–H groups in total. The summed E-state index contributed by atoms with van der Waals surface area (Å²) in [7, 11) is 0. The highest BCUT2D eigenvalue weighted by Gasteiger charge is 2.56. The van der Waals surface area contributed by atoms with Gasteiger partial charge in [0.05, 0.1) is 0 Å². The standard InChI is InChI=1S/C18H26N2O/c1-3-11-19-12(2)13-7-4-5-10-16(13)20-18(21)17-14-8-6-9-15(14)17/h4-5,7,10,12,14-15,17,19H,3,6,8-9,11H2,1-2H3,(H,20,21). The molecule has 3 nitrogen and oxygen atoms in total. The van der Waals surface area contributed by atoms with E-state index in [-0.39, 0.29) is 17.9 Å². The minimum absolute atomic E-state index is 0.236. The molecule has 3 heteroatoms. The van der Waals surface area contributed by atoms with Crippen molar-refractivity contribution in [2.45, 2.75) is 45.6 Å². The smallest absolute Gasteiger partial charge is 0.228 e. The molecule has 2 aliphatic carbocycles. The number of rotatable bonds is 6. The molecule has 2 aliphatic rings. The average molecular weight is 286 g/mol. The molecule has 0 spiro atoms. The first-order valence-electron chi connectivity index (χ1n) is 8.35. The van der Waals surface area contributed by atoms with Crippen LogP contribution in [0.25, 0.3) is 0 Å². The topological polar surface area (TPSA) is 41.1 Å². The number of anilines is 1. The Bertz CT molecular complexity index is 504. The maximum Gasteiger partial charge on any atom is 0.228 e. The number of para-hydroxylation sites is 1. The van der Waals surface area contributed by atoms with Crippen molar-refractivity contribution in [1.29, 1.82) is 0 Å². The number of benzene rings is 1. The SMILES string of the molecule is CCCNC(C)c1ccccc1NC(=O)C1C2CCCC21. The van der Waals surface area contributed by atoms with Crippen LogP contribution in [0.4, 0.5) is 5.69 Å². The zero-order valence-corrected chi connectivity index (χ0v) is 13.1. The monoisotopic (exact) mass is 286 g/mol. The van der Waals surface area contributed by atoms with E-state index >= 15 is 0 Å². The molecule has 3 atom stereocenters. The van der Waals surface area contributed by atoms with Gasteiger partial charge in [0.15, 0.2) is 0 Å². The third kappa shape index (κ3) is 2.98. The molecule has 21 heavy (non-hydrogen) atoms. The molecule has 2 saturated carbocycles. The average Bonchev–Trinajstić information content (AvgIpc) is 2.99. The van der Waals surface area contributed by atoms with Crippen molar-refractivity contribution < 1.29 is 4.79 Å². The van der Waals surface area contributed by atoms with E-state index in [2.05, 4.69) is 30.5 Å². The van der Waals surface area contributed by atoms with E-state index in [1.54, 1.807) is 0 Å². The lowest BCUT2D eigenvalue weighted by Crippen LogP contribution is -2.22. The lowest BCUT2D eigenvalue weighted by molar-refractivity contribution is -0.118. The van der Waals surface area contributed by atoms with E-state index in [4.69, 9.17) is 0 Å². The Balaban J connectivity index is 1.66. The van der Waals surface area contributed by atoms with Gasteiger partial charge >= 0.3 is 0 Å². The van der Waals surface area contributed by atoms with Crippen molar-refractivity contribution in [2.24, 2.45) is 17.8 Å². The van der Waals surface area contributed by atoms with Crippen LogP contribution >= 0.6 is 0 Å². The van der Waals surface area contributed by atoms with Crippen molar-refractivity contribution >= 4 is 11.6 Å². The van der Waals surface area contributed by atoms with Crippen LogP contribution in [-0.4, -0.2) is 12.5 Å². The van der Waals surface area contributed by atoms with Gasteiger partial charge in [-0.2, -0.15) is 0 Å². The maximum atomic E-state index is 12.4. The number of hydrogen-bond donors (Lipinski definition) is 2. The summed E-state index contributed by atoms with van der Waals surface area (Å²) in [5, 5.41) is 6.68. The Kier molecular flexibility index (Phi) is 4.29. The van der Waals surface area contributed by atoms with Gasteiger partial charge in [-0.05, 0) is 56.2 Å². The molecule has 3 unspecified atom stereocenters. The molecule has 0 aromatic heterocycles. The molecule has 114 valence electrons. The van der Waals surface area contributed by atoms with Crippen LogP contribution in [0.1, 0.15) is 51.1 Å². The number of hydrogen-bond acceptors (Lipinski definition) is 2. The predicted molar refractivity (Wildman–Crippen MR) is 86.1 cm³/mol. The highest BCUT2D eigenvalue weighted by Crippen LogP contribution is 2.57. The molecule has 3 rings (SSSR count). The van der Waals surface area contributed by atoms with Gasteiger partial charge in [-0.3, -0.25) is 4.79 Å². The molecule has 1 amide bonds. The molecule has 0 heterocycles. The second-order valence-corrected chi connectivity index (χ2v) is 6.54. The summed E-state index contributed by atoms with van der Waals surface area (Å²) in [6.07, 6.45) is 4.93. The maximum absolute atomic E-state index is 12.4. The molecule has 2 fully saturated rings. The van der Waals surface area contributed by atoms with E-state index in [0.717, 1.165) is 18.7 Å². The Labute approximate surface area is 127 Å². The second-order valence-electron chi connectivity index (χ2n) is 6.54. The van der Waals surface area contributed by atoms with Gasteiger partial charge in [-0.15, -0.1) is 0 Å². The zero-order chi connectivity index (χ0) is 14.8. The summed E-state index contributed by atoms with van der Waals surface area (Å²) in [5.41, 5.74) is 2.16. The fourth-order valence-electron chi connectivity index (χ4n) is 3.89. The number of fused-ring (bicyclic) bond motifs is 1. The lowest BCUT2D eigenvalue weighted by Gasteiger charge is -2.18. The van der Waals surface area contributed by atoms with Crippen molar-refractivity contribution in [3.8, 4) is 0 Å². The molecule has 1 aromatic rings. The number of carbonyl (C=O) groups is 1. The third-order valence-corrected chi connectivity index (χ3v) is 5.09. The van der Waals surface area contributed by atoms with Crippen molar-refractivity contribution in [2.75, 3.05) is 11.9 Å². The van der Waals surface area contributed by atoms with Gasteiger partial charge in [0.1, 0.15) is 0 Å². The van der Waals surface area contributed by atoms with E-state index in [1.807, 2.05) is 18.2 Å². The van der Waals surface area contributed by atoms with Crippen LogP contribution in [0.15, 0.2) is 24.3 Å². The van der Waals surface area contributed by atoms with E-state index in [1.165, 1.54) is 24.8 Å². The Morgan fingerprint density at radius 2 is 2.00 bits per heavy atom. The summed E-state index contributed by atoms with van der Waals surface area (Å²) >= 11 is 0. The fraction of sp³-hybridized carbons (Fsp3) is 0.611. The van der Waals surface area contributed by atoms with Crippen molar-refractivity contribution in [3.05, 3.63) is 29.8 Å². The van der Waals surface area contributed by atoms with Crippen LogP contribution < -0.4 is 10.6 Å². The normalized spacial score (nSPS) is 28.0. The van der Waals surface area contributed by atoms with Gasteiger partial charge in [-0.25, -0.2) is 0 Å². The second kappa shape index (κ2) is 6.18. The first kappa shape index (κ1) is 14.6. The minimum Gasteiger partial charge on any atom is -0.326 e. The third-order valence-electron chi connectivity index (χ3n) is 5.09. The van der Waals surface area contributed by atoms with E-state index in [9.17, 15) is 4.79 Å². The van der Waals surface area contributed by atoms with Crippen LogP contribution in [0.2, 0.25) is 0 Å². The van der Waals surface area contributed by atoms with Crippen molar-refractivity contribution in [3.63, 3.8) is 0 Å². The van der Waals surface area contributed by atoms with Crippen molar-refractivity contribution in [1.82, 2.24) is 5.32 Å². The summed E-state index contributed by atoms with van der Waals surface area (Å²) in [6, 6.07) is 8.44. The predicted octanol–water partition coefficient (Wildman–Crippen LogP) is 3.73. The first-order chi connectivity index (χ1) is 10.2. The van der Waals surface area contributed by atoms with Gasteiger partial charge in [0.2, 0.25) is 5.91 Å². The van der Waals surface area contributed by atoms with E-state index in [0.29, 0.717) is 11.8 Å². The zero-order valence-electron chi connectivity index (χ0n) is 13.1. The largest absolute Gasteiger partial charge is 0.326 e. The molecular formula is C18H26N2O. The molecule has 0 aliphatic heterocycles. The Morgan fingerprint density at radius 1 is 1.29 bits per heavy atom. The highest BCUT2D eigenvalue weighted by molar-refractivity contribution is 5.95. The van der Waals surface area contributed by atoms with Crippen LogP contribution in [0, 0.1) is 17.8 Å². The number of nitrogens with one attached hydrogen (secondary N) is 2. The van der Waals surface area contributed by atoms with Crippen LogP contribution in [0.5, 0.6) is 0 Å². The summed E-state index contributed by atoms with van der Waals surface area (Å²) in [5.74, 6) is 1.87. The minimum atomic E-state index is 0.236. The van der Waals surface area contributed by atoms with Gasteiger partial charge < -0.3 is 10.6 Å². The van der Waals surface area contributed by atoms with E-state index < -0.39 is 0 Å². The quantitative estimate of drug-likeness (QED) is 0.836. The van der Waals surface area contributed by atoms with Crippen LogP contribution in [-0.2, 0) is 4.79 Å². The Hall–Kier alpha value is -1.35. The summed E-state index contributed by atoms with van der Waals surface area (Å²) in [4.78, 5) is 12.4. The lowest BCUT2D eigenvalue weighted by atomic mass is 10.1. The van der Waals surface area contributed by atoms with Gasteiger partial charge in [0, 0.05) is 17.6 Å². The van der Waals surface area contributed by atoms with Crippen LogP contribution in [0.3, 0.4) is 0 Å². The highest BCUT2D eigenvalue weighted by atomic mass is 16.2. The molecule has 0 bridgehead atoms. The summed E-state index contributed by atoms with van der Waals surface area (Å²) in [6.45, 7) is 5.32. The molecule has 1 aromatic carbocycles. The first-order valence-corrected chi connectivity index (χ1v) is 8.35. The molecule has 0 saturated heterocycles. The number of amides is 1. The van der Waals surface area contributed by atoms with Gasteiger partial charge in [0.25, 0.3) is 0 Å².